The van der Waals surface area contributed by atoms with Crippen LogP contribution >= 0.6 is 0 Å². The van der Waals surface area contributed by atoms with Gasteiger partial charge in [0.15, 0.2) is 0 Å². The molecule has 0 spiro atoms. The lowest BCUT2D eigenvalue weighted by molar-refractivity contribution is -0.138. The van der Waals surface area contributed by atoms with Crippen molar-refractivity contribution in [3.63, 3.8) is 0 Å². The summed E-state index contributed by atoms with van der Waals surface area (Å²) in [5.74, 6) is -0.949. The predicted octanol–water partition coefficient (Wildman–Crippen LogP) is 5.16. The van der Waals surface area contributed by atoms with Crippen LogP contribution in [0, 0.1) is 39.8 Å². The number of nitriles is 3. The van der Waals surface area contributed by atoms with Gasteiger partial charge in [-0.1, -0.05) is 0 Å². The number of benzene rings is 2. The third-order valence-corrected chi connectivity index (χ3v) is 3.00. The van der Waals surface area contributed by atoms with E-state index in [1.165, 1.54) is 12.1 Å². The molecule has 0 unspecified atom stereocenters. The molecular formula is C17H6F7N3. The van der Waals surface area contributed by atoms with Crippen molar-refractivity contribution >= 4 is 0 Å². The highest BCUT2D eigenvalue weighted by Crippen LogP contribution is 2.31. The summed E-state index contributed by atoms with van der Waals surface area (Å²) in [5.41, 5.74) is -2.86. The van der Waals surface area contributed by atoms with E-state index in [4.69, 9.17) is 15.8 Å². The molecule has 2 rings (SSSR count). The van der Waals surface area contributed by atoms with Gasteiger partial charge in [-0.3, -0.25) is 0 Å². The Morgan fingerprint density at radius 2 is 1.00 bits per heavy atom. The van der Waals surface area contributed by atoms with E-state index in [9.17, 15) is 30.7 Å². The third-order valence-electron chi connectivity index (χ3n) is 3.00. The fraction of sp³-hybridized carbons (Fsp3) is 0.118. The molecule has 0 atom stereocenters. The lowest BCUT2D eigenvalue weighted by Crippen LogP contribution is -2.05. The van der Waals surface area contributed by atoms with E-state index in [1.807, 2.05) is 0 Å². The Morgan fingerprint density at radius 3 is 1.41 bits per heavy atom. The Kier molecular flexibility index (Phi) is 6.52. The van der Waals surface area contributed by atoms with Gasteiger partial charge in [0.25, 0.3) is 0 Å². The molecule has 138 valence electrons. The first-order valence-corrected chi connectivity index (χ1v) is 6.72. The summed E-state index contributed by atoms with van der Waals surface area (Å²) in [6, 6.07) is 8.64. The topological polar surface area (TPSA) is 71.4 Å². The number of rotatable bonds is 0. The highest BCUT2D eigenvalue weighted by atomic mass is 19.4. The third kappa shape index (κ3) is 5.72. The lowest BCUT2D eigenvalue weighted by Gasteiger charge is -2.06. The maximum Gasteiger partial charge on any atom is 0.416 e. The summed E-state index contributed by atoms with van der Waals surface area (Å²) in [5, 5.41) is 25.2. The average molecular weight is 385 g/mol. The van der Waals surface area contributed by atoms with Gasteiger partial charge in [-0.25, -0.2) is 4.39 Å². The SMILES string of the molecule is N#Cc1cc(C(F)(F)F)ccc1F.N#Cc1ccc(C(F)(F)F)cc1C#N. The molecule has 0 bridgehead atoms. The Morgan fingerprint density at radius 1 is 0.593 bits per heavy atom. The van der Waals surface area contributed by atoms with Gasteiger partial charge in [-0.15, -0.1) is 0 Å². The number of alkyl halides is 6. The van der Waals surface area contributed by atoms with Crippen LogP contribution in [0.15, 0.2) is 36.4 Å². The molecule has 0 aliphatic rings. The molecule has 0 saturated carbocycles. The quantitative estimate of drug-likeness (QED) is 0.588. The van der Waals surface area contributed by atoms with Gasteiger partial charge in [0.05, 0.1) is 27.8 Å². The minimum atomic E-state index is -4.54. The van der Waals surface area contributed by atoms with Crippen molar-refractivity contribution in [1.82, 2.24) is 0 Å². The Hall–Kier alpha value is -3.58. The smallest absolute Gasteiger partial charge is 0.206 e. The van der Waals surface area contributed by atoms with E-state index in [1.54, 1.807) is 6.07 Å². The van der Waals surface area contributed by atoms with Crippen molar-refractivity contribution < 1.29 is 30.7 Å². The van der Waals surface area contributed by atoms with Gasteiger partial charge < -0.3 is 0 Å². The van der Waals surface area contributed by atoms with Crippen molar-refractivity contribution in [3.05, 3.63) is 70.0 Å². The molecule has 10 heteroatoms. The van der Waals surface area contributed by atoms with Crippen molar-refractivity contribution in [3.8, 4) is 18.2 Å². The van der Waals surface area contributed by atoms with Crippen LogP contribution in [0.5, 0.6) is 0 Å². The molecule has 0 amide bonds. The standard InChI is InChI=1S/C9H3F3N2.C8H3F4N/c10-9(11,12)8-2-1-6(4-13)7(3-8)5-14;9-7-2-1-6(8(10,11)12)3-5(7)4-13/h1-3H;1-3H. The Bertz CT molecular complexity index is 955. The first-order valence-electron chi connectivity index (χ1n) is 6.72. The van der Waals surface area contributed by atoms with E-state index in [0.717, 1.165) is 12.1 Å². The van der Waals surface area contributed by atoms with Gasteiger partial charge in [0.1, 0.15) is 24.0 Å². The molecule has 0 N–H and O–H groups in total. The summed E-state index contributed by atoms with van der Waals surface area (Å²) in [6.07, 6.45) is -9.03. The summed E-state index contributed by atoms with van der Waals surface area (Å²) in [7, 11) is 0. The monoisotopic (exact) mass is 385 g/mol. The van der Waals surface area contributed by atoms with Crippen LogP contribution in [0.1, 0.15) is 27.8 Å². The fourth-order valence-electron chi connectivity index (χ4n) is 1.70. The minimum Gasteiger partial charge on any atom is -0.206 e. The average Bonchev–Trinajstić information content (AvgIpc) is 2.60. The zero-order chi connectivity index (χ0) is 20.8. The molecule has 27 heavy (non-hydrogen) atoms. The van der Waals surface area contributed by atoms with Crippen LogP contribution in [0.25, 0.3) is 0 Å². The van der Waals surface area contributed by atoms with Gasteiger partial charge in [0.2, 0.25) is 0 Å². The molecule has 0 radical (unpaired) electrons. The number of hydrogen-bond acceptors (Lipinski definition) is 3. The second-order valence-electron chi connectivity index (χ2n) is 4.79. The van der Waals surface area contributed by atoms with Crippen LogP contribution in [0.2, 0.25) is 0 Å². The van der Waals surface area contributed by atoms with Crippen LogP contribution in [-0.2, 0) is 12.4 Å². The second kappa shape index (κ2) is 8.20. The Balaban J connectivity index is 0.000000271. The molecule has 0 aliphatic heterocycles. The van der Waals surface area contributed by atoms with E-state index in [2.05, 4.69) is 0 Å². The highest BCUT2D eigenvalue weighted by molar-refractivity contribution is 5.47. The molecule has 0 fully saturated rings. The highest BCUT2D eigenvalue weighted by Gasteiger charge is 2.31. The number of nitrogens with zero attached hydrogens (tertiary/aromatic N) is 3. The van der Waals surface area contributed by atoms with Crippen LogP contribution < -0.4 is 0 Å². The molecule has 2 aromatic rings. The summed E-state index contributed by atoms with van der Waals surface area (Å²) in [4.78, 5) is 0. The number of hydrogen-bond donors (Lipinski definition) is 0. The van der Waals surface area contributed by atoms with Gasteiger partial charge in [-0.05, 0) is 36.4 Å². The van der Waals surface area contributed by atoms with Crippen molar-refractivity contribution in [2.45, 2.75) is 12.4 Å². The first-order chi connectivity index (χ1) is 12.4. The van der Waals surface area contributed by atoms with Crippen molar-refractivity contribution in [2.24, 2.45) is 0 Å². The molecule has 2 aromatic carbocycles. The maximum absolute atomic E-state index is 12.6. The van der Waals surface area contributed by atoms with Gasteiger partial charge >= 0.3 is 12.4 Å². The second-order valence-corrected chi connectivity index (χ2v) is 4.79. The summed E-state index contributed by atoms with van der Waals surface area (Å²) in [6.45, 7) is 0. The lowest BCUT2D eigenvalue weighted by atomic mass is 10.1. The van der Waals surface area contributed by atoms with E-state index >= 15 is 0 Å². The zero-order valence-electron chi connectivity index (χ0n) is 13.0. The van der Waals surface area contributed by atoms with Crippen LogP contribution in [-0.4, -0.2) is 0 Å². The first kappa shape index (κ1) is 21.5. The van der Waals surface area contributed by atoms with E-state index in [0.29, 0.717) is 24.3 Å². The van der Waals surface area contributed by atoms with Crippen LogP contribution in [0.4, 0.5) is 30.7 Å². The molecule has 3 nitrogen and oxygen atoms in total. The van der Waals surface area contributed by atoms with Gasteiger partial charge in [-0.2, -0.15) is 42.1 Å². The number of halogens is 7. The zero-order valence-corrected chi connectivity index (χ0v) is 13.0. The van der Waals surface area contributed by atoms with E-state index in [-0.39, 0.29) is 11.1 Å². The predicted molar refractivity (Wildman–Crippen MR) is 77.0 cm³/mol. The molecule has 0 aliphatic carbocycles. The maximum atomic E-state index is 12.6. The van der Waals surface area contributed by atoms with Crippen molar-refractivity contribution in [1.29, 1.82) is 15.8 Å². The normalized spacial score (nSPS) is 10.7. The minimum absolute atomic E-state index is 0.0551. The van der Waals surface area contributed by atoms with Crippen LogP contribution in [0.3, 0.4) is 0 Å². The Labute approximate surface area is 148 Å². The van der Waals surface area contributed by atoms with Crippen molar-refractivity contribution in [2.75, 3.05) is 0 Å². The van der Waals surface area contributed by atoms with E-state index < -0.39 is 34.9 Å². The van der Waals surface area contributed by atoms with Gasteiger partial charge in [0, 0.05) is 0 Å². The summed E-state index contributed by atoms with van der Waals surface area (Å²) >= 11 is 0. The molecule has 0 saturated heterocycles. The molecule has 0 aromatic heterocycles. The largest absolute Gasteiger partial charge is 0.416 e. The fourth-order valence-corrected chi connectivity index (χ4v) is 1.70. The summed E-state index contributed by atoms with van der Waals surface area (Å²) < 4.78 is 85.0. The molecule has 0 heterocycles. The molecular weight excluding hydrogens is 379 g/mol.